The highest BCUT2D eigenvalue weighted by atomic mass is 16.6. The monoisotopic (exact) mass is 354 g/mol. The lowest BCUT2D eigenvalue weighted by Gasteiger charge is -2.19. The fraction of sp³-hybridized carbons (Fsp3) is 0.150. The highest BCUT2D eigenvalue weighted by Gasteiger charge is 2.20. The van der Waals surface area contributed by atoms with Crippen LogP contribution in [-0.4, -0.2) is 36.0 Å². The van der Waals surface area contributed by atoms with Crippen molar-refractivity contribution in [3.63, 3.8) is 0 Å². The lowest BCUT2D eigenvalue weighted by molar-refractivity contribution is -0.133. The molecule has 0 aliphatic heterocycles. The molecule has 0 spiro atoms. The van der Waals surface area contributed by atoms with E-state index in [1.165, 1.54) is 12.1 Å². The molecule has 0 amide bonds. The van der Waals surface area contributed by atoms with Crippen LogP contribution in [0.3, 0.4) is 0 Å². The second-order valence-corrected chi connectivity index (χ2v) is 5.51. The SMILES string of the molecule is C=C(CC(COc1ccccc1)OC(=O)c1cccc(C=O)c1)C(=O)O. The predicted molar refractivity (Wildman–Crippen MR) is 94.4 cm³/mol. The first-order valence-electron chi connectivity index (χ1n) is 7.84. The third-order valence-corrected chi connectivity index (χ3v) is 3.49. The summed E-state index contributed by atoms with van der Waals surface area (Å²) in [5.41, 5.74) is 0.438. The van der Waals surface area contributed by atoms with E-state index < -0.39 is 18.0 Å². The van der Waals surface area contributed by atoms with Crippen molar-refractivity contribution in [1.82, 2.24) is 0 Å². The lowest BCUT2D eigenvalue weighted by Crippen LogP contribution is -2.27. The third kappa shape index (κ3) is 5.59. The molecule has 0 aromatic heterocycles. The standard InChI is InChI=1S/C20H18O6/c1-14(19(22)23)10-18(13-25-17-8-3-2-4-9-17)26-20(24)16-7-5-6-15(11-16)12-21/h2-9,11-12,18H,1,10,13H2,(H,22,23). The molecule has 0 aliphatic rings. The van der Waals surface area contributed by atoms with Crippen LogP contribution in [0.15, 0.2) is 66.7 Å². The fourth-order valence-electron chi connectivity index (χ4n) is 2.16. The van der Waals surface area contributed by atoms with Gasteiger partial charge in [-0.25, -0.2) is 9.59 Å². The molecule has 0 aliphatic carbocycles. The molecule has 6 nitrogen and oxygen atoms in total. The van der Waals surface area contributed by atoms with E-state index in [0.29, 0.717) is 17.6 Å². The maximum absolute atomic E-state index is 12.3. The molecule has 134 valence electrons. The summed E-state index contributed by atoms with van der Waals surface area (Å²) < 4.78 is 10.9. The normalized spacial score (nSPS) is 11.2. The average molecular weight is 354 g/mol. The minimum absolute atomic E-state index is 0.0323. The van der Waals surface area contributed by atoms with Crippen molar-refractivity contribution in [3.05, 3.63) is 77.9 Å². The van der Waals surface area contributed by atoms with Crippen molar-refractivity contribution < 1.29 is 29.0 Å². The topological polar surface area (TPSA) is 89.9 Å². The van der Waals surface area contributed by atoms with Crippen LogP contribution in [0.25, 0.3) is 0 Å². The first-order chi connectivity index (χ1) is 12.5. The van der Waals surface area contributed by atoms with Gasteiger partial charge in [-0.1, -0.05) is 36.9 Å². The molecule has 0 bridgehead atoms. The Balaban J connectivity index is 2.08. The van der Waals surface area contributed by atoms with Crippen molar-refractivity contribution in [3.8, 4) is 5.75 Å². The molecule has 1 unspecified atom stereocenters. The maximum atomic E-state index is 12.3. The Hall–Kier alpha value is -3.41. The van der Waals surface area contributed by atoms with E-state index in [1.807, 2.05) is 6.07 Å². The second-order valence-electron chi connectivity index (χ2n) is 5.51. The van der Waals surface area contributed by atoms with Gasteiger partial charge in [-0.2, -0.15) is 0 Å². The van der Waals surface area contributed by atoms with Crippen LogP contribution < -0.4 is 4.74 Å². The molecule has 0 saturated heterocycles. The number of para-hydroxylation sites is 1. The number of benzene rings is 2. The van der Waals surface area contributed by atoms with Crippen LogP contribution in [0.5, 0.6) is 5.75 Å². The highest BCUT2D eigenvalue weighted by molar-refractivity contribution is 5.92. The summed E-state index contributed by atoms with van der Waals surface area (Å²) in [6.07, 6.45) is -0.299. The minimum atomic E-state index is -1.17. The van der Waals surface area contributed by atoms with Crippen LogP contribution in [0.4, 0.5) is 0 Å². The van der Waals surface area contributed by atoms with Crippen molar-refractivity contribution in [1.29, 1.82) is 0 Å². The lowest BCUT2D eigenvalue weighted by atomic mass is 10.1. The summed E-state index contributed by atoms with van der Waals surface area (Å²) in [5, 5.41) is 9.02. The van der Waals surface area contributed by atoms with Crippen LogP contribution in [0, 0.1) is 0 Å². The van der Waals surface area contributed by atoms with Gasteiger partial charge >= 0.3 is 11.9 Å². The molecule has 26 heavy (non-hydrogen) atoms. The van der Waals surface area contributed by atoms with Gasteiger partial charge in [0.25, 0.3) is 0 Å². The van der Waals surface area contributed by atoms with E-state index in [0.717, 1.165) is 0 Å². The van der Waals surface area contributed by atoms with Gasteiger partial charge in [0.1, 0.15) is 24.7 Å². The Morgan fingerprint density at radius 2 is 1.85 bits per heavy atom. The first kappa shape index (κ1) is 18.9. The van der Waals surface area contributed by atoms with Crippen molar-refractivity contribution in [2.45, 2.75) is 12.5 Å². The molecule has 0 radical (unpaired) electrons. The number of carboxylic acid groups (broad SMARTS) is 1. The van der Waals surface area contributed by atoms with Crippen LogP contribution in [0.2, 0.25) is 0 Å². The Kier molecular flexibility index (Phi) is 6.68. The zero-order valence-corrected chi connectivity index (χ0v) is 14.0. The number of aldehydes is 1. The summed E-state index contributed by atoms with van der Waals surface area (Å²) in [5.74, 6) is -1.28. The molecule has 0 fully saturated rings. The highest BCUT2D eigenvalue weighted by Crippen LogP contribution is 2.15. The Bertz CT molecular complexity index is 797. The number of carbonyl (C=O) groups excluding carboxylic acids is 2. The number of rotatable bonds is 9. The average Bonchev–Trinajstić information content (AvgIpc) is 2.66. The summed E-state index contributed by atoms with van der Waals surface area (Å²) in [6, 6.07) is 14.9. The van der Waals surface area contributed by atoms with E-state index >= 15 is 0 Å². The van der Waals surface area contributed by atoms with E-state index in [-0.39, 0.29) is 24.2 Å². The molecule has 2 rings (SSSR count). The number of hydrogen-bond acceptors (Lipinski definition) is 5. The maximum Gasteiger partial charge on any atom is 0.338 e. The number of hydrogen-bond donors (Lipinski definition) is 1. The minimum Gasteiger partial charge on any atom is -0.490 e. The Morgan fingerprint density at radius 3 is 2.50 bits per heavy atom. The van der Waals surface area contributed by atoms with E-state index in [4.69, 9.17) is 14.6 Å². The zero-order valence-electron chi connectivity index (χ0n) is 14.0. The van der Waals surface area contributed by atoms with Crippen LogP contribution in [0.1, 0.15) is 27.1 Å². The predicted octanol–water partition coefficient (Wildman–Crippen LogP) is 3.13. The van der Waals surface area contributed by atoms with Crippen LogP contribution >= 0.6 is 0 Å². The summed E-state index contributed by atoms with van der Waals surface area (Å²) in [4.78, 5) is 34.2. The number of carbonyl (C=O) groups is 3. The third-order valence-electron chi connectivity index (χ3n) is 3.49. The number of aliphatic carboxylic acids is 1. The molecule has 2 aromatic carbocycles. The van der Waals surface area contributed by atoms with Gasteiger partial charge in [0.05, 0.1) is 5.56 Å². The summed E-state index contributed by atoms with van der Waals surface area (Å²) in [7, 11) is 0. The summed E-state index contributed by atoms with van der Waals surface area (Å²) >= 11 is 0. The van der Waals surface area contributed by atoms with Crippen molar-refractivity contribution in [2.75, 3.05) is 6.61 Å². The van der Waals surface area contributed by atoms with Gasteiger partial charge in [-0.3, -0.25) is 4.79 Å². The second kappa shape index (κ2) is 9.17. The van der Waals surface area contributed by atoms with Gasteiger partial charge in [0, 0.05) is 17.6 Å². The van der Waals surface area contributed by atoms with Crippen molar-refractivity contribution in [2.24, 2.45) is 0 Å². The van der Waals surface area contributed by atoms with Crippen LogP contribution in [-0.2, 0) is 9.53 Å². The fourth-order valence-corrected chi connectivity index (χ4v) is 2.16. The van der Waals surface area contributed by atoms with Gasteiger partial charge in [-0.05, 0) is 24.3 Å². The molecule has 0 heterocycles. The largest absolute Gasteiger partial charge is 0.490 e. The molecule has 2 aromatic rings. The number of esters is 1. The Labute approximate surface area is 150 Å². The number of carboxylic acids is 1. The van der Waals surface area contributed by atoms with Gasteiger partial charge in [-0.15, -0.1) is 0 Å². The molecule has 0 saturated carbocycles. The van der Waals surface area contributed by atoms with E-state index in [1.54, 1.807) is 36.4 Å². The van der Waals surface area contributed by atoms with Gasteiger partial charge < -0.3 is 14.6 Å². The smallest absolute Gasteiger partial charge is 0.338 e. The molecule has 1 N–H and O–H groups in total. The first-order valence-corrected chi connectivity index (χ1v) is 7.84. The van der Waals surface area contributed by atoms with E-state index in [2.05, 4.69) is 6.58 Å². The summed E-state index contributed by atoms with van der Waals surface area (Å²) in [6.45, 7) is 3.43. The molecule has 6 heteroatoms. The van der Waals surface area contributed by atoms with Gasteiger partial charge in [0.2, 0.25) is 0 Å². The molecular formula is C20H18O6. The zero-order chi connectivity index (χ0) is 18.9. The Morgan fingerprint density at radius 1 is 1.12 bits per heavy atom. The van der Waals surface area contributed by atoms with Crippen molar-refractivity contribution >= 4 is 18.2 Å². The van der Waals surface area contributed by atoms with E-state index in [9.17, 15) is 14.4 Å². The van der Waals surface area contributed by atoms with Gasteiger partial charge in [0.15, 0.2) is 0 Å². The molecular weight excluding hydrogens is 336 g/mol. The molecule has 1 atom stereocenters. The quantitative estimate of drug-likeness (QED) is 0.423. The number of ether oxygens (including phenoxy) is 2.